The highest BCUT2D eigenvalue weighted by Gasteiger charge is 2.31. The van der Waals surface area contributed by atoms with Crippen molar-refractivity contribution in [3.05, 3.63) is 136 Å². The third-order valence-electron chi connectivity index (χ3n) is 10.1. The molecular formula is C47H48ClF2N9O7. The summed E-state index contributed by atoms with van der Waals surface area (Å²) in [5.41, 5.74) is 6.80. The molecule has 1 aromatic heterocycles. The number of aromatic nitrogens is 2. The lowest BCUT2D eigenvalue weighted by Gasteiger charge is -2.17. The van der Waals surface area contributed by atoms with Gasteiger partial charge in [0.2, 0.25) is 17.8 Å². The van der Waals surface area contributed by atoms with Gasteiger partial charge < -0.3 is 35.5 Å². The maximum absolute atomic E-state index is 15.1. The average molecular weight is 924 g/mol. The maximum Gasteiger partial charge on any atom is 0.273 e. The van der Waals surface area contributed by atoms with E-state index in [0.29, 0.717) is 88.3 Å². The van der Waals surface area contributed by atoms with E-state index in [1.54, 1.807) is 73.8 Å². The van der Waals surface area contributed by atoms with E-state index >= 15 is 4.39 Å². The van der Waals surface area contributed by atoms with Gasteiger partial charge in [0, 0.05) is 81.9 Å². The van der Waals surface area contributed by atoms with Crippen molar-refractivity contribution < 1.29 is 42.2 Å². The second-order valence-electron chi connectivity index (χ2n) is 14.8. The van der Waals surface area contributed by atoms with Gasteiger partial charge in [0.25, 0.3) is 11.8 Å². The van der Waals surface area contributed by atoms with Crippen molar-refractivity contribution in [2.75, 3.05) is 56.7 Å². The molecule has 19 heteroatoms. The third kappa shape index (κ3) is 12.8. The number of anilines is 3. The van der Waals surface area contributed by atoms with Gasteiger partial charge in [-0.2, -0.15) is 0 Å². The first-order valence-electron chi connectivity index (χ1n) is 21.0. The highest BCUT2D eigenvalue weighted by molar-refractivity contribution is 6.31. The Morgan fingerprint density at radius 2 is 1.73 bits per heavy atom. The Morgan fingerprint density at radius 1 is 0.955 bits per heavy atom. The molecule has 344 valence electrons. The largest absolute Gasteiger partial charge is 0.378 e. The molecule has 66 heavy (non-hydrogen) atoms. The van der Waals surface area contributed by atoms with Crippen LogP contribution in [0.4, 0.5) is 26.1 Å². The number of aldehydes is 1. The molecule has 0 saturated heterocycles. The molecule has 0 atom stereocenters. The molecule has 0 aliphatic carbocycles. The lowest BCUT2D eigenvalue weighted by molar-refractivity contribution is -0.125. The minimum Gasteiger partial charge on any atom is -0.378 e. The minimum absolute atomic E-state index is 0.00273. The predicted octanol–water partition coefficient (Wildman–Crippen LogP) is 6.47. The smallest absolute Gasteiger partial charge is 0.273 e. The molecule has 0 fully saturated rings. The Hall–Kier alpha value is -6.99. The number of ether oxygens (including phenoxy) is 2. The molecule has 0 bridgehead atoms. The van der Waals surface area contributed by atoms with Crippen molar-refractivity contribution in [3.63, 3.8) is 0 Å². The fourth-order valence-corrected chi connectivity index (χ4v) is 7.10. The summed E-state index contributed by atoms with van der Waals surface area (Å²) in [6.45, 7) is 6.95. The van der Waals surface area contributed by atoms with E-state index in [-0.39, 0.29) is 86.5 Å². The second-order valence-corrected chi connectivity index (χ2v) is 15.2. The summed E-state index contributed by atoms with van der Waals surface area (Å²) in [6.07, 6.45) is 5.68. The fourth-order valence-electron chi connectivity index (χ4n) is 6.93. The Morgan fingerprint density at radius 3 is 2.47 bits per heavy atom. The van der Waals surface area contributed by atoms with Crippen molar-refractivity contribution in [1.82, 2.24) is 31.0 Å². The predicted molar refractivity (Wildman–Crippen MR) is 245 cm³/mol. The van der Waals surface area contributed by atoms with Crippen LogP contribution >= 0.6 is 11.6 Å². The van der Waals surface area contributed by atoms with Gasteiger partial charge in [-0.05, 0) is 68.0 Å². The molecule has 0 radical (unpaired) electrons. The number of halogens is 3. The van der Waals surface area contributed by atoms with Crippen LogP contribution in [0.5, 0.6) is 0 Å². The zero-order valence-electron chi connectivity index (χ0n) is 36.1. The van der Waals surface area contributed by atoms with Gasteiger partial charge >= 0.3 is 0 Å². The van der Waals surface area contributed by atoms with Crippen LogP contribution in [-0.4, -0.2) is 96.7 Å². The zero-order chi connectivity index (χ0) is 47.0. The molecule has 0 saturated carbocycles. The molecule has 6 rings (SSSR count). The first-order chi connectivity index (χ1) is 32.0. The Bertz CT molecular complexity index is 2570. The molecule has 2 aliphatic rings. The molecule has 5 N–H and O–H groups in total. The number of amides is 4. The van der Waals surface area contributed by atoms with Gasteiger partial charge in [-0.3, -0.25) is 29.6 Å². The van der Waals surface area contributed by atoms with Crippen LogP contribution in [0.15, 0.2) is 108 Å². The quantitative estimate of drug-likeness (QED) is 0.0310. The molecule has 4 amide bonds. The lowest BCUT2D eigenvalue weighted by atomic mass is 9.94. The van der Waals surface area contributed by atoms with E-state index in [1.165, 1.54) is 11.1 Å². The number of rotatable bonds is 23. The van der Waals surface area contributed by atoms with Crippen molar-refractivity contribution in [3.8, 4) is 11.3 Å². The van der Waals surface area contributed by atoms with Gasteiger partial charge in [-0.1, -0.05) is 36.4 Å². The van der Waals surface area contributed by atoms with Crippen LogP contribution in [0.3, 0.4) is 0 Å². The van der Waals surface area contributed by atoms with Crippen molar-refractivity contribution in [1.29, 1.82) is 0 Å². The Kier molecular flexibility index (Phi) is 17.5. The van der Waals surface area contributed by atoms with Crippen molar-refractivity contribution >= 4 is 64.6 Å². The van der Waals surface area contributed by atoms with Crippen LogP contribution in [0.1, 0.15) is 63.6 Å². The van der Waals surface area contributed by atoms with Crippen molar-refractivity contribution in [2.45, 2.75) is 39.3 Å². The normalized spacial score (nSPS) is 13.2. The molecular weight excluding hydrogens is 876 g/mol. The Labute approximate surface area is 384 Å². The molecule has 2 aliphatic heterocycles. The molecule has 0 unspecified atom stereocenters. The number of nitrogens with one attached hydrogen (secondary N) is 5. The lowest BCUT2D eigenvalue weighted by Crippen LogP contribution is -2.42. The van der Waals surface area contributed by atoms with E-state index in [0.717, 1.165) is 12.4 Å². The number of carbonyl (C=O) groups is 5. The Balaban J connectivity index is 0.872. The summed E-state index contributed by atoms with van der Waals surface area (Å²) in [4.78, 5) is 74.5. The van der Waals surface area contributed by atoms with E-state index in [9.17, 15) is 28.4 Å². The third-order valence-corrected chi connectivity index (χ3v) is 10.3. The van der Waals surface area contributed by atoms with Gasteiger partial charge in [0.15, 0.2) is 0 Å². The van der Waals surface area contributed by atoms with Crippen LogP contribution in [0.2, 0.25) is 5.02 Å². The summed E-state index contributed by atoms with van der Waals surface area (Å²) in [5, 5.41) is 13.3. The number of carbonyl (C=O) groups excluding carboxylic acids is 5. The monoisotopic (exact) mass is 923 g/mol. The first-order valence-corrected chi connectivity index (χ1v) is 21.4. The van der Waals surface area contributed by atoms with Crippen LogP contribution < -0.4 is 26.7 Å². The minimum atomic E-state index is -0.980. The fraction of sp³-hybridized carbons (Fsp3) is 0.277. The standard InChI is InChI=1S/C47H48ClF2N9O7/c1-3-7-38(50)42(29(2)49)44-36-24-32(48)13-16-34(36)43-31(25-53-44)26-54-47(57-43)55-33-14-11-30(12-15-33)45(63)52-18-21-66-23-22-65-20-17-51-27-41(62)56-39-9-6-8-35-37(39)28-59(46(35)64)58-40(61)10-4-5-19-60/h3,6-9,11-16,19,24,26,51H,2,4-5,10,17-18,20-23,25,27-28H2,1H3,(H,52,63)(H,56,62)(H,58,61)(H,54,55,57)/b7-3-,42-38-. The highest BCUT2D eigenvalue weighted by Crippen LogP contribution is 2.36. The molecule has 3 aromatic carbocycles. The second kappa shape index (κ2) is 23.8. The topological polar surface area (TPSA) is 205 Å². The SMILES string of the molecule is C=C(F)/C(C1=NCc2cnc(Nc3ccc(C(=O)NCCOCCOCCNCC(=O)Nc4cccc5c4CN(NC(=O)CCCC=O)C5=O)cc3)nc2-c2ccc(Cl)cc21)=C(F)\C=C/C. The maximum atomic E-state index is 15.1. The van der Waals surface area contributed by atoms with Gasteiger partial charge in [0.05, 0.1) is 63.0 Å². The van der Waals surface area contributed by atoms with Crippen molar-refractivity contribution in [2.24, 2.45) is 4.99 Å². The van der Waals surface area contributed by atoms with Gasteiger partial charge in [-0.15, -0.1) is 0 Å². The summed E-state index contributed by atoms with van der Waals surface area (Å²) in [7, 11) is 0. The summed E-state index contributed by atoms with van der Waals surface area (Å²) < 4.78 is 40.9. The van der Waals surface area contributed by atoms with E-state index in [2.05, 4.69) is 43.2 Å². The number of unbranched alkanes of at least 4 members (excludes halogenated alkanes) is 1. The zero-order valence-corrected chi connectivity index (χ0v) is 36.8. The number of hydrogen-bond acceptors (Lipinski definition) is 12. The summed E-state index contributed by atoms with van der Waals surface area (Å²) >= 11 is 6.34. The van der Waals surface area contributed by atoms with Crippen LogP contribution in [0.25, 0.3) is 11.3 Å². The average Bonchev–Trinajstić information content (AvgIpc) is 3.53. The van der Waals surface area contributed by atoms with Crippen LogP contribution in [0, 0.1) is 0 Å². The number of nitrogens with zero attached hydrogens (tertiary/aromatic N) is 4. The number of hydrogen-bond donors (Lipinski definition) is 5. The number of hydrazine groups is 1. The number of aliphatic imine (C=N–C) groups is 1. The number of fused-ring (bicyclic) bond motifs is 4. The summed E-state index contributed by atoms with van der Waals surface area (Å²) in [5.74, 6) is -2.92. The molecule has 3 heterocycles. The first kappa shape index (κ1) is 48.5. The van der Waals surface area contributed by atoms with E-state index in [1.807, 2.05) is 0 Å². The molecule has 0 spiro atoms. The number of allylic oxidation sites excluding steroid dienone is 5. The van der Waals surface area contributed by atoms with Gasteiger partial charge in [-0.25, -0.2) is 23.8 Å². The molecule has 16 nitrogen and oxygen atoms in total. The summed E-state index contributed by atoms with van der Waals surface area (Å²) in [6, 6.07) is 16.6. The number of benzene rings is 3. The molecule has 4 aromatic rings. The highest BCUT2D eigenvalue weighted by atomic mass is 35.5. The van der Waals surface area contributed by atoms with Gasteiger partial charge in [0.1, 0.15) is 17.9 Å². The van der Waals surface area contributed by atoms with E-state index in [4.69, 9.17) is 26.1 Å². The van der Waals surface area contributed by atoms with Crippen LogP contribution in [-0.2, 0) is 36.9 Å². The van der Waals surface area contributed by atoms with E-state index < -0.39 is 11.7 Å².